The maximum absolute atomic E-state index is 5.83. The standard InChI is InChI=1S/C15H21N/c1-10-6-15(11(10)2)7-12-4-3-5-13(9-16)14(12)8-15/h3-5,10-11H,6-9,16H2,1-2H3. The molecule has 0 bridgehead atoms. The first-order valence-electron chi connectivity index (χ1n) is 6.46. The highest BCUT2D eigenvalue weighted by Crippen LogP contribution is 2.58. The van der Waals surface area contributed by atoms with Gasteiger partial charge in [-0.1, -0.05) is 32.0 Å². The summed E-state index contributed by atoms with van der Waals surface area (Å²) in [5, 5.41) is 0. The minimum Gasteiger partial charge on any atom is -0.326 e. The molecule has 1 aromatic rings. The minimum absolute atomic E-state index is 0.590. The summed E-state index contributed by atoms with van der Waals surface area (Å²) < 4.78 is 0. The average Bonchev–Trinajstić information content (AvgIpc) is 2.69. The van der Waals surface area contributed by atoms with E-state index in [-0.39, 0.29) is 0 Å². The van der Waals surface area contributed by atoms with E-state index in [4.69, 9.17) is 5.73 Å². The molecule has 16 heavy (non-hydrogen) atoms. The van der Waals surface area contributed by atoms with Crippen LogP contribution in [0.3, 0.4) is 0 Å². The summed E-state index contributed by atoms with van der Waals surface area (Å²) in [4.78, 5) is 0. The molecular weight excluding hydrogens is 194 g/mol. The fourth-order valence-corrected chi connectivity index (χ4v) is 3.98. The Labute approximate surface area is 98.0 Å². The van der Waals surface area contributed by atoms with Crippen LogP contribution in [0.4, 0.5) is 0 Å². The molecule has 1 heteroatoms. The van der Waals surface area contributed by atoms with Gasteiger partial charge >= 0.3 is 0 Å². The minimum atomic E-state index is 0.590. The molecule has 1 aromatic carbocycles. The van der Waals surface area contributed by atoms with Gasteiger partial charge in [0.2, 0.25) is 0 Å². The SMILES string of the molecule is CC1CC2(Cc3cccc(CN)c3C2)C1C. The van der Waals surface area contributed by atoms with Crippen LogP contribution in [0.5, 0.6) is 0 Å². The van der Waals surface area contributed by atoms with E-state index in [2.05, 4.69) is 32.0 Å². The summed E-state index contributed by atoms with van der Waals surface area (Å²) in [5.74, 6) is 1.79. The van der Waals surface area contributed by atoms with Crippen LogP contribution in [-0.2, 0) is 19.4 Å². The zero-order valence-corrected chi connectivity index (χ0v) is 10.3. The number of hydrogen-bond donors (Lipinski definition) is 1. The maximum atomic E-state index is 5.83. The molecule has 86 valence electrons. The lowest BCUT2D eigenvalue weighted by atomic mass is 9.53. The van der Waals surface area contributed by atoms with Crippen molar-refractivity contribution < 1.29 is 0 Å². The zero-order chi connectivity index (χ0) is 11.3. The Kier molecular flexibility index (Phi) is 2.16. The van der Waals surface area contributed by atoms with Crippen LogP contribution in [0.2, 0.25) is 0 Å². The van der Waals surface area contributed by atoms with Crippen molar-refractivity contribution in [1.29, 1.82) is 0 Å². The van der Waals surface area contributed by atoms with E-state index in [0.717, 1.165) is 11.8 Å². The molecule has 2 aliphatic rings. The fraction of sp³-hybridized carbons (Fsp3) is 0.600. The second kappa shape index (κ2) is 3.33. The Bertz CT molecular complexity index is 423. The summed E-state index contributed by atoms with van der Waals surface area (Å²) in [6, 6.07) is 6.68. The summed E-state index contributed by atoms with van der Waals surface area (Å²) in [5.41, 5.74) is 10.9. The van der Waals surface area contributed by atoms with Crippen LogP contribution < -0.4 is 5.73 Å². The van der Waals surface area contributed by atoms with E-state index < -0.39 is 0 Å². The Balaban J connectivity index is 1.95. The predicted octanol–water partition coefficient (Wildman–Crippen LogP) is 2.91. The third-order valence-corrected chi connectivity index (χ3v) is 5.21. The van der Waals surface area contributed by atoms with Crippen molar-refractivity contribution in [3.05, 3.63) is 34.9 Å². The Morgan fingerprint density at radius 2 is 2.12 bits per heavy atom. The van der Waals surface area contributed by atoms with Crippen molar-refractivity contribution in [1.82, 2.24) is 0 Å². The Morgan fingerprint density at radius 1 is 1.31 bits per heavy atom. The van der Waals surface area contributed by atoms with Crippen LogP contribution in [0.25, 0.3) is 0 Å². The van der Waals surface area contributed by atoms with Crippen molar-refractivity contribution in [2.75, 3.05) is 0 Å². The largest absolute Gasteiger partial charge is 0.326 e. The predicted molar refractivity (Wildman–Crippen MR) is 67.1 cm³/mol. The summed E-state index contributed by atoms with van der Waals surface area (Å²) in [6.07, 6.45) is 3.98. The lowest BCUT2D eigenvalue weighted by molar-refractivity contribution is -0.0114. The van der Waals surface area contributed by atoms with Crippen LogP contribution in [0.1, 0.15) is 37.0 Å². The van der Waals surface area contributed by atoms with E-state index in [1.54, 1.807) is 11.1 Å². The van der Waals surface area contributed by atoms with Gasteiger partial charge in [0.25, 0.3) is 0 Å². The molecule has 1 spiro atoms. The molecule has 0 aromatic heterocycles. The third-order valence-electron chi connectivity index (χ3n) is 5.21. The lowest BCUT2D eigenvalue weighted by Crippen LogP contribution is -2.45. The van der Waals surface area contributed by atoms with Gasteiger partial charge in [0, 0.05) is 6.54 Å². The van der Waals surface area contributed by atoms with Gasteiger partial charge < -0.3 is 5.73 Å². The zero-order valence-electron chi connectivity index (χ0n) is 10.3. The van der Waals surface area contributed by atoms with E-state index in [0.29, 0.717) is 12.0 Å². The Morgan fingerprint density at radius 3 is 2.75 bits per heavy atom. The molecule has 0 heterocycles. The van der Waals surface area contributed by atoms with Crippen LogP contribution in [0, 0.1) is 17.3 Å². The molecular formula is C15H21N. The quantitative estimate of drug-likeness (QED) is 0.766. The number of fused-ring (bicyclic) bond motifs is 1. The molecule has 2 aliphatic carbocycles. The molecule has 1 nitrogen and oxygen atoms in total. The molecule has 0 amide bonds. The van der Waals surface area contributed by atoms with E-state index in [1.807, 2.05) is 0 Å². The highest BCUT2D eigenvalue weighted by molar-refractivity contribution is 5.42. The Hall–Kier alpha value is -0.820. The van der Waals surface area contributed by atoms with Crippen LogP contribution in [-0.4, -0.2) is 0 Å². The number of benzene rings is 1. The van der Waals surface area contributed by atoms with Crippen LogP contribution >= 0.6 is 0 Å². The maximum Gasteiger partial charge on any atom is 0.0180 e. The van der Waals surface area contributed by atoms with Crippen molar-refractivity contribution in [3.8, 4) is 0 Å². The fourth-order valence-electron chi connectivity index (χ4n) is 3.98. The van der Waals surface area contributed by atoms with Crippen molar-refractivity contribution in [2.45, 2.75) is 39.7 Å². The first-order chi connectivity index (χ1) is 7.66. The highest BCUT2D eigenvalue weighted by atomic mass is 14.6. The topological polar surface area (TPSA) is 26.0 Å². The molecule has 1 fully saturated rings. The molecule has 3 rings (SSSR count). The molecule has 0 saturated heterocycles. The molecule has 3 unspecified atom stereocenters. The molecule has 2 N–H and O–H groups in total. The van der Waals surface area contributed by atoms with E-state index in [9.17, 15) is 0 Å². The van der Waals surface area contributed by atoms with Crippen molar-refractivity contribution in [2.24, 2.45) is 23.0 Å². The normalized spacial score (nSPS) is 36.2. The molecule has 1 saturated carbocycles. The third kappa shape index (κ3) is 1.21. The van der Waals surface area contributed by atoms with Gasteiger partial charge in [0.1, 0.15) is 0 Å². The number of hydrogen-bond acceptors (Lipinski definition) is 1. The second-order valence-corrected chi connectivity index (χ2v) is 5.94. The van der Waals surface area contributed by atoms with Gasteiger partial charge in [-0.2, -0.15) is 0 Å². The monoisotopic (exact) mass is 215 g/mol. The van der Waals surface area contributed by atoms with Crippen molar-refractivity contribution in [3.63, 3.8) is 0 Å². The summed E-state index contributed by atoms with van der Waals surface area (Å²) in [7, 11) is 0. The first-order valence-corrected chi connectivity index (χ1v) is 6.46. The van der Waals surface area contributed by atoms with Crippen molar-refractivity contribution >= 4 is 0 Å². The summed E-state index contributed by atoms with van der Waals surface area (Å²) in [6.45, 7) is 5.52. The lowest BCUT2D eigenvalue weighted by Gasteiger charge is -2.51. The van der Waals surface area contributed by atoms with Crippen LogP contribution in [0.15, 0.2) is 18.2 Å². The smallest absolute Gasteiger partial charge is 0.0180 e. The molecule has 0 radical (unpaired) electrons. The number of rotatable bonds is 1. The van der Waals surface area contributed by atoms with Gasteiger partial charge in [0.15, 0.2) is 0 Å². The first kappa shape index (κ1) is 10.3. The van der Waals surface area contributed by atoms with Gasteiger partial charge in [-0.05, 0) is 53.2 Å². The molecule has 0 aliphatic heterocycles. The second-order valence-electron chi connectivity index (χ2n) is 5.94. The highest BCUT2D eigenvalue weighted by Gasteiger charge is 2.51. The van der Waals surface area contributed by atoms with Gasteiger partial charge in [-0.3, -0.25) is 0 Å². The van der Waals surface area contributed by atoms with E-state index >= 15 is 0 Å². The van der Waals surface area contributed by atoms with Gasteiger partial charge in [0.05, 0.1) is 0 Å². The average molecular weight is 215 g/mol. The number of nitrogens with two attached hydrogens (primary N) is 1. The van der Waals surface area contributed by atoms with Gasteiger partial charge in [-0.25, -0.2) is 0 Å². The molecule has 3 atom stereocenters. The van der Waals surface area contributed by atoms with Gasteiger partial charge in [-0.15, -0.1) is 0 Å². The van der Waals surface area contributed by atoms with E-state index in [1.165, 1.54) is 24.8 Å². The summed E-state index contributed by atoms with van der Waals surface area (Å²) >= 11 is 0.